The predicted molar refractivity (Wildman–Crippen MR) is 120 cm³/mol. The summed E-state index contributed by atoms with van der Waals surface area (Å²) in [4.78, 5) is 34.0. The standard InChI is InChI=1S/C24H37N5O2/c25-23(31)24(27-21-4-2-1-3-5-21)10-16-29(17-11-24)22(30)20-8-14-28(15-9-20)18-19-6-12-26-13-7-19/h6-7,12-13,20-21,27H,1-5,8-11,14-18H2,(H2,25,31). The molecule has 2 amide bonds. The third-order valence-corrected chi connectivity index (χ3v) is 7.58. The zero-order valence-corrected chi connectivity index (χ0v) is 18.6. The highest BCUT2D eigenvalue weighted by atomic mass is 16.2. The number of pyridine rings is 1. The van der Waals surface area contributed by atoms with Gasteiger partial charge < -0.3 is 16.0 Å². The Morgan fingerprint density at radius 3 is 2.26 bits per heavy atom. The molecule has 7 heteroatoms. The second-order valence-corrected chi connectivity index (χ2v) is 9.66. The molecule has 1 aliphatic carbocycles. The average molecular weight is 428 g/mol. The maximum atomic E-state index is 13.2. The molecule has 7 nitrogen and oxygen atoms in total. The molecule has 3 fully saturated rings. The highest BCUT2D eigenvalue weighted by molar-refractivity contribution is 5.85. The Balaban J connectivity index is 1.26. The number of nitrogens with zero attached hydrogens (tertiary/aromatic N) is 3. The lowest BCUT2D eigenvalue weighted by atomic mass is 9.83. The molecule has 0 aromatic carbocycles. The molecule has 1 aromatic rings. The number of amides is 2. The Hall–Kier alpha value is -1.99. The van der Waals surface area contributed by atoms with E-state index >= 15 is 0 Å². The monoisotopic (exact) mass is 427 g/mol. The van der Waals surface area contributed by atoms with Crippen molar-refractivity contribution < 1.29 is 9.59 Å². The van der Waals surface area contributed by atoms with Gasteiger partial charge in [-0.25, -0.2) is 0 Å². The van der Waals surface area contributed by atoms with Crippen molar-refractivity contribution in [2.75, 3.05) is 26.2 Å². The van der Waals surface area contributed by atoms with Crippen LogP contribution in [0.4, 0.5) is 0 Å². The molecule has 3 heterocycles. The lowest BCUT2D eigenvalue weighted by Gasteiger charge is -2.44. The van der Waals surface area contributed by atoms with Crippen LogP contribution in [0.25, 0.3) is 0 Å². The maximum absolute atomic E-state index is 13.2. The van der Waals surface area contributed by atoms with Crippen LogP contribution < -0.4 is 11.1 Å². The van der Waals surface area contributed by atoms with Crippen LogP contribution in [0.1, 0.15) is 63.4 Å². The Kier molecular flexibility index (Phi) is 7.23. The summed E-state index contributed by atoms with van der Waals surface area (Å²) in [5.41, 5.74) is 6.47. The van der Waals surface area contributed by atoms with Crippen LogP contribution in [0.2, 0.25) is 0 Å². The molecule has 3 aliphatic rings. The molecule has 1 saturated carbocycles. The van der Waals surface area contributed by atoms with Gasteiger partial charge in [0.2, 0.25) is 11.8 Å². The normalized spacial score (nSPS) is 23.5. The number of hydrogen-bond acceptors (Lipinski definition) is 5. The minimum absolute atomic E-state index is 0.0982. The van der Waals surface area contributed by atoms with Gasteiger partial charge in [0.1, 0.15) is 5.54 Å². The van der Waals surface area contributed by atoms with Crippen LogP contribution in [-0.4, -0.2) is 64.4 Å². The number of rotatable bonds is 6. The highest BCUT2D eigenvalue weighted by Crippen LogP contribution is 2.29. The minimum Gasteiger partial charge on any atom is -0.368 e. The SMILES string of the molecule is NC(=O)C1(NC2CCCCC2)CCN(C(=O)C2CCN(Cc3ccncc3)CC2)CC1. The number of hydrogen-bond donors (Lipinski definition) is 2. The fraction of sp³-hybridized carbons (Fsp3) is 0.708. The van der Waals surface area contributed by atoms with Crippen LogP contribution in [0, 0.1) is 5.92 Å². The summed E-state index contributed by atoms with van der Waals surface area (Å²) in [5, 5.41) is 3.62. The van der Waals surface area contributed by atoms with Crippen molar-refractivity contribution in [2.45, 2.75) is 75.9 Å². The zero-order valence-electron chi connectivity index (χ0n) is 18.6. The quantitative estimate of drug-likeness (QED) is 0.725. The average Bonchev–Trinajstić information content (AvgIpc) is 2.81. The summed E-state index contributed by atoms with van der Waals surface area (Å²) in [6, 6.07) is 4.49. The van der Waals surface area contributed by atoms with E-state index in [1.165, 1.54) is 24.8 Å². The van der Waals surface area contributed by atoms with Gasteiger partial charge in [-0.1, -0.05) is 19.3 Å². The molecular weight excluding hydrogens is 390 g/mol. The van der Waals surface area contributed by atoms with E-state index in [0.29, 0.717) is 32.0 Å². The molecule has 0 unspecified atom stereocenters. The first-order chi connectivity index (χ1) is 15.1. The Labute approximate surface area is 185 Å². The molecular formula is C24H37N5O2. The van der Waals surface area contributed by atoms with Crippen molar-refractivity contribution in [3.05, 3.63) is 30.1 Å². The molecule has 2 aliphatic heterocycles. The smallest absolute Gasteiger partial charge is 0.237 e. The second kappa shape index (κ2) is 10.1. The molecule has 31 heavy (non-hydrogen) atoms. The number of piperidine rings is 2. The fourth-order valence-corrected chi connectivity index (χ4v) is 5.55. The Bertz CT molecular complexity index is 734. The third-order valence-electron chi connectivity index (χ3n) is 7.58. The van der Waals surface area contributed by atoms with Gasteiger partial charge in [0.25, 0.3) is 0 Å². The van der Waals surface area contributed by atoms with Crippen molar-refractivity contribution >= 4 is 11.8 Å². The molecule has 0 bridgehead atoms. The molecule has 0 radical (unpaired) electrons. The first-order valence-electron chi connectivity index (χ1n) is 12.0. The van der Waals surface area contributed by atoms with Crippen molar-refractivity contribution in [1.82, 2.24) is 20.1 Å². The van der Waals surface area contributed by atoms with Gasteiger partial charge in [0.15, 0.2) is 0 Å². The zero-order chi connectivity index (χ0) is 21.7. The van der Waals surface area contributed by atoms with Gasteiger partial charge >= 0.3 is 0 Å². The number of aromatic nitrogens is 1. The predicted octanol–water partition coefficient (Wildman–Crippen LogP) is 2.06. The lowest BCUT2D eigenvalue weighted by molar-refractivity contribution is -0.141. The number of nitrogens with one attached hydrogen (secondary N) is 1. The summed E-state index contributed by atoms with van der Waals surface area (Å²) in [6.07, 6.45) is 12.7. The summed E-state index contributed by atoms with van der Waals surface area (Å²) in [7, 11) is 0. The van der Waals surface area contributed by atoms with Gasteiger partial charge in [0.05, 0.1) is 0 Å². The largest absolute Gasteiger partial charge is 0.368 e. The third kappa shape index (κ3) is 5.44. The molecule has 1 aromatic heterocycles. The first-order valence-corrected chi connectivity index (χ1v) is 12.0. The number of likely N-dealkylation sites (tertiary alicyclic amines) is 2. The minimum atomic E-state index is -0.646. The number of nitrogens with two attached hydrogens (primary N) is 1. The van der Waals surface area contributed by atoms with Gasteiger partial charge in [-0.3, -0.25) is 19.5 Å². The summed E-state index contributed by atoms with van der Waals surface area (Å²) >= 11 is 0. The van der Waals surface area contributed by atoms with Crippen molar-refractivity contribution in [3.8, 4) is 0 Å². The van der Waals surface area contributed by atoms with E-state index in [-0.39, 0.29) is 17.7 Å². The number of primary amides is 1. The van der Waals surface area contributed by atoms with E-state index in [0.717, 1.165) is 45.3 Å². The van der Waals surface area contributed by atoms with E-state index < -0.39 is 5.54 Å². The van der Waals surface area contributed by atoms with Gasteiger partial charge in [0, 0.05) is 44.0 Å². The van der Waals surface area contributed by atoms with Crippen molar-refractivity contribution in [2.24, 2.45) is 11.7 Å². The molecule has 170 valence electrons. The van der Waals surface area contributed by atoms with Crippen molar-refractivity contribution in [1.29, 1.82) is 0 Å². The van der Waals surface area contributed by atoms with Gasteiger partial charge in [-0.2, -0.15) is 0 Å². The Morgan fingerprint density at radius 1 is 1.00 bits per heavy atom. The number of carbonyl (C=O) groups excluding carboxylic acids is 2. The summed E-state index contributed by atoms with van der Waals surface area (Å²) in [5.74, 6) is 0.106. The molecule has 3 N–H and O–H groups in total. The summed E-state index contributed by atoms with van der Waals surface area (Å²) in [6.45, 7) is 4.06. The van der Waals surface area contributed by atoms with Crippen LogP contribution in [0.3, 0.4) is 0 Å². The molecule has 0 spiro atoms. The van der Waals surface area contributed by atoms with Crippen LogP contribution in [-0.2, 0) is 16.1 Å². The van der Waals surface area contributed by atoms with E-state index in [2.05, 4.69) is 27.3 Å². The van der Waals surface area contributed by atoms with Crippen LogP contribution >= 0.6 is 0 Å². The van der Waals surface area contributed by atoms with Gasteiger partial charge in [-0.15, -0.1) is 0 Å². The molecule has 2 saturated heterocycles. The number of carbonyl (C=O) groups is 2. The Morgan fingerprint density at radius 2 is 1.65 bits per heavy atom. The fourth-order valence-electron chi connectivity index (χ4n) is 5.55. The molecule has 4 rings (SSSR count). The first kappa shape index (κ1) is 22.2. The topological polar surface area (TPSA) is 91.6 Å². The van der Waals surface area contributed by atoms with Gasteiger partial charge in [-0.05, 0) is 69.3 Å². The lowest BCUT2D eigenvalue weighted by Crippen LogP contribution is -2.64. The maximum Gasteiger partial charge on any atom is 0.237 e. The highest BCUT2D eigenvalue weighted by Gasteiger charge is 2.43. The second-order valence-electron chi connectivity index (χ2n) is 9.66. The van der Waals surface area contributed by atoms with Crippen LogP contribution in [0.5, 0.6) is 0 Å². The van der Waals surface area contributed by atoms with E-state index in [4.69, 9.17) is 5.73 Å². The van der Waals surface area contributed by atoms with E-state index in [1.54, 1.807) is 0 Å². The molecule has 0 atom stereocenters. The summed E-state index contributed by atoms with van der Waals surface area (Å²) < 4.78 is 0. The van der Waals surface area contributed by atoms with Crippen molar-refractivity contribution in [3.63, 3.8) is 0 Å². The van der Waals surface area contributed by atoms with E-state index in [1.807, 2.05) is 17.3 Å². The van der Waals surface area contributed by atoms with Crippen LogP contribution in [0.15, 0.2) is 24.5 Å². The van der Waals surface area contributed by atoms with E-state index in [9.17, 15) is 9.59 Å².